The molecule has 1 aromatic carbocycles. The molecule has 0 radical (unpaired) electrons. The molecule has 0 spiro atoms. The molecule has 4 nitrogen and oxygen atoms in total. The molecule has 0 fully saturated rings. The van der Waals surface area contributed by atoms with Gasteiger partial charge in [-0.1, -0.05) is 12.1 Å². The van der Waals surface area contributed by atoms with Gasteiger partial charge in [0.05, 0.1) is 5.25 Å². The zero-order chi connectivity index (χ0) is 13.7. The van der Waals surface area contributed by atoms with Crippen LogP contribution in [0.1, 0.15) is 24.7 Å². The zero-order valence-electron chi connectivity index (χ0n) is 10.1. The lowest BCUT2D eigenvalue weighted by molar-refractivity contribution is -0.119. The van der Waals surface area contributed by atoms with Crippen molar-refractivity contribution in [1.29, 1.82) is 0 Å². The maximum atomic E-state index is 12.8. The third-order valence-corrected chi connectivity index (χ3v) is 3.67. The second-order valence-electron chi connectivity index (χ2n) is 3.83. The zero-order valence-corrected chi connectivity index (χ0v) is 11.0. The van der Waals surface area contributed by atoms with Crippen LogP contribution >= 0.6 is 11.8 Å². The third-order valence-electron chi connectivity index (χ3n) is 2.36. The van der Waals surface area contributed by atoms with E-state index in [0.29, 0.717) is 0 Å². The monoisotopic (exact) mass is 270 g/mol. The van der Waals surface area contributed by atoms with Crippen LogP contribution in [-0.4, -0.2) is 17.2 Å². The summed E-state index contributed by atoms with van der Waals surface area (Å²) in [5.74, 6) is -0.725. The Morgan fingerprint density at radius 1 is 1.28 bits per heavy atom. The number of imide groups is 1. The number of hydrogen-bond acceptors (Lipinski definition) is 3. The molecule has 0 saturated heterocycles. The number of halogens is 1. The summed E-state index contributed by atoms with van der Waals surface area (Å²) in [4.78, 5) is 22.0. The van der Waals surface area contributed by atoms with E-state index in [1.165, 1.54) is 23.9 Å². The van der Waals surface area contributed by atoms with Crippen LogP contribution in [0.5, 0.6) is 0 Å². The Hall–Kier alpha value is -1.56. The van der Waals surface area contributed by atoms with E-state index < -0.39 is 17.2 Å². The minimum Gasteiger partial charge on any atom is -0.351 e. The molecule has 3 amide bonds. The van der Waals surface area contributed by atoms with Crippen molar-refractivity contribution in [2.24, 2.45) is 5.73 Å². The van der Waals surface area contributed by atoms with Crippen molar-refractivity contribution in [2.75, 3.05) is 0 Å². The van der Waals surface area contributed by atoms with Crippen LogP contribution in [-0.2, 0) is 4.79 Å². The van der Waals surface area contributed by atoms with Gasteiger partial charge in [-0.2, -0.15) is 0 Å². The molecule has 3 N–H and O–H groups in total. The highest BCUT2D eigenvalue weighted by Crippen LogP contribution is 2.31. The molecule has 0 aliphatic carbocycles. The third kappa shape index (κ3) is 4.37. The fraction of sp³-hybridized carbons (Fsp3) is 0.333. The summed E-state index contributed by atoms with van der Waals surface area (Å²) < 4.78 is 12.8. The Labute approximate surface area is 109 Å². The lowest BCUT2D eigenvalue weighted by Crippen LogP contribution is -2.39. The van der Waals surface area contributed by atoms with E-state index >= 15 is 0 Å². The van der Waals surface area contributed by atoms with Crippen molar-refractivity contribution in [1.82, 2.24) is 5.32 Å². The van der Waals surface area contributed by atoms with Gasteiger partial charge in [-0.15, -0.1) is 11.8 Å². The van der Waals surface area contributed by atoms with Gasteiger partial charge >= 0.3 is 6.03 Å². The number of carbonyl (C=O) groups excluding carboxylic acids is 2. The van der Waals surface area contributed by atoms with Crippen LogP contribution in [0.4, 0.5) is 9.18 Å². The van der Waals surface area contributed by atoms with Crippen LogP contribution in [0.3, 0.4) is 0 Å². The molecule has 2 atom stereocenters. The molecule has 0 aliphatic rings. The second-order valence-corrected chi connectivity index (χ2v) is 5.51. The lowest BCUT2D eigenvalue weighted by Gasteiger charge is -2.16. The quantitative estimate of drug-likeness (QED) is 0.881. The fourth-order valence-corrected chi connectivity index (χ4v) is 2.51. The molecule has 0 unspecified atom stereocenters. The minimum absolute atomic E-state index is 0.0132. The van der Waals surface area contributed by atoms with Crippen molar-refractivity contribution in [3.63, 3.8) is 0 Å². The number of nitrogens with two attached hydrogens (primary N) is 1. The summed E-state index contributed by atoms with van der Waals surface area (Å²) in [6.45, 7) is 3.59. The first-order chi connectivity index (χ1) is 8.40. The number of primary amides is 1. The van der Waals surface area contributed by atoms with Gasteiger partial charge in [-0.3, -0.25) is 10.1 Å². The Balaban J connectivity index is 2.58. The van der Waals surface area contributed by atoms with E-state index in [1.807, 2.05) is 12.2 Å². The summed E-state index contributed by atoms with van der Waals surface area (Å²) in [6.07, 6.45) is 0. The average Bonchev–Trinajstić information content (AvgIpc) is 2.28. The summed E-state index contributed by atoms with van der Waals surface area (Å²) >= 11 is 1.37. The topological polar surface area (TPSA) is 72.2 Å². The first-order valence-electron chi connectivity index (χ1n) is 5.41. The van der Waals surface area contributed by atoms with Gasteiger partial charge in [0.1, 0.15) is 5.82 Å². The van der Waals surface area contributed by atoms with E-state index in [9.17, 15) is 14.0 Å². The van der Waals surface area contributed by atoms with Crippen molar-refractivity contribution in [3.05, 3.63) is 35.6 Å². The fourth-order valence-electron chi connectivity index (χ4n) is 1.40. The molecule has 0 saturated carbocycles. The predicted octanol–water partition coefficient (Wildman–Crippen LogP) is 2.20. The van der Waals surface area contributed by atoms with E-state index in [-0.39, 0.29) is 11.1 Å². The maximum absolute atomic E-state index is 12.8. The van der Waals surface area contributed by atoms with Crippen LogP contribution in [0.25, 0.3) is 0 Å². The molecule has 1 rings (SSSR count). The Morgan fingerprint density at radius 2 is 1.83 bits per heavy atom. The molecule has 0 aromatic heterocycles. The van der Waals surface area contributed by atoms with Crippen LogP contribution in [0.2, 0.25) is 0 Å². The largest absolute Gasteiger partial charge is 0.351 e. The maximum Gasteiger partial charge on any atom is 0.318 e. The normalized spacial score (nSPS) is 13.7. The predicted molar refractivity (Wildman–Crippen MR) is 69.6 cm³/mol. The van der Waals surface area contributed by atoms with Crippen molar-refractivity contribution in [2.45, 2.75) is 24.3 Å². The van der Waals surface area contributed by atoms with Crippen LogP contribution in [0.15, 0.2) is 24.3 Å². The van der Waals surface area contributed by atoms with Gasteiger partial charge in [0.15, 0.2) is 0 Å². The molecular formula is C12H15FN2O2S. The van der Waals surface area contributed by atoms with E-state index in [4.69, 9.17) is 5.73 Å². The second kappa shape index (κ2) is 6.39. The van der Waals surface area contributed by atoms with Gasteiger partial charge in [-0.25, -0.2) is 9.18 Å². The van der Waals surface area contributed by atoms with Crippen molar-refractivity contribution >= 4 is 23.7 Å². The van der Waals surface area contributed by atoms with Gasteiger partial charge in [-0.05, 0) is 31.5 Å². The minimum atomic E-state index is -0.859. The molecule has 0 bridgehead atoms. The van der Waals surface area contributed by atoms with Crippen molar-refractivity contribution < 1.29 is 14.0 Å². The number of thioether (sulfide) groups is 1. The Morgan fingerprint density at radius 3 is 2.33 bits per heavy atom. The molecule has 0 aliphatic heterocycles. The molecule has 6 heteroatoms. The van der Waals surface area contributed by atoms with Crippen LogP contribution < -0.4 is 11.1 Å². The smallest absolute Gasteiger partial charge is 0.318 e. The molecule has 98 valence electrons. The highest BCUT2D eigenvalue weighted by molar-refractivity contribution is 8.00. The molecule has 0 heterocycles. The number of amides is 3. The summed E-state index contributed by atoms with van der Waals surface area (Å²) in [5, 5.41) is 1.62. The number of rotatable bonds is 4. The SMILES string of the molecule is C[C@H](S[C@@H](C)c1ccc(F)cc1)C(=O)NC(N)=O. The first-order valence-corrected chi connectivity index (χ1v) is 6.35. The highest BCUT2D eigenvalue weighted by Gasteiger charge is 2.18. The number of nitrogens with one attached hydrogen (secondary N) is 1. The highest BCUT2D eigenvalue weighted by atomic mass is 32.2. The summed E-state index contributed by atoms with van der Waals surface area (Å²) in [6, 6.07) is 5.24. The number of hydrogen-bond donors (Lipinski definition) is 2. The first kappa shape index (κ1) is 14.5. The van der Waals surface area contributed by atoms with Gasteiger partial charge < -0.3 is 5.73 Å². The summed E-state index contributed by atoms with van der Waals surface area (Å²) in [7, 11) is 0. The number of urea groups is 1. The van der Waals surface area contributed by atoms with Crippen LogP contribution in [0, 0.1) is 5.82 Å². The molecular weight excluding hydrogens is 255 g/mol. The van der Waals surface area contributed by atoms with Crippen molar-refractivity contribution in [3.8, 4) is 0 Å². The molecule has 1 aromatic rings. The average molecular weight is 270 g/mol. The Bertz CT molecular complexity index is 436. The Kier molecular flexibility index (Phi) is 5.15. The van der Waals surface area contributed by atoms with E-state index in [2.05, 4.69) is 0 Å². The number of benzene rings is 1. The van der Waals surface area contributed by atoms with Gasteiger partial charge in [0.2, 0.25) is 5.91 Å². The van der Waals surface area contributed by atoms with Gasteiger partial charge in [0, 0.05) is 5.25 Å². The van der Waals surface area contributed by atoms with E-state index in [0.717, 1.165) is 5.56 Å². The molecule has 18 heavy (non-hydrogen) atoms. The summed E-state index contributed by atoms with van der Waals surface area (Å²) in [5.41, 5.74) is 5.78. The standard InChI is InChI=1S/C12H15FN2O2S/c1-7(9-3-5-10(13)6-4-9)18-8(2)11(16)15-12(14)17/h3-8H,1-2H3,(H3,14,15,16,17)/t7-,8-/m0/s1. The van der Waals surface area contributed by atoms with E-state index in [1.54, 1.807) is 19.1 Å². The number of carbonyl (C=O) groups is 2. The lowest BCUT2D eigenvalue weighted by atomic mass is 10.2. The van der Waals surface area contributed by atoms with Gasteiger partial charge in [0.25, 0.3) is 0 Å².